The average molecular weight is 709 g/mol. The lowest BCUT2D eigenvalue weighted by Gasteiger charge is -2.18. The smallest absolute Gasteiger partial charge is 0.136 e. The summed E-state index contributed by atoms with van der Waals surface area (Å²) in [6.45, 7) is 0. The van der Waals surface area contributed by atoms with E-state index >= 15 is 8.78 Å². The van der Waals surface area contributed by atoms with Crippen LogP contribution in [0.15, 0.2) is 186 Å². The molecule has 0 saturated heterocycles. The van der Waals surface area contributed by atoms with Crippen molar-refractivity contribution >= 4 is 65.0 Å². The molecule has 0 spiro atoms. The van der Waals surface area contributed by atoms with Crippen LogP contribution in [0.1, 0.15) is 0 Å². The van der Waals surface area contributed by atoms with Crippen LogP contribution in [0, 0.1) is 11.6 Å². The van der Waals surface area contributed by atoms with Gasteiger partial charge in [0.25, 0.3) is 0 Å². The highest BCUT2D eigenvalue weighted by Crippen LogP contribution is 2.47. The molecule has 11 aromatic rings. The van der Waals surface area contributed by atoms with Gasteiger partial charge >= 0.3 is 0 Å². The summed E-state index contributed by atoms with van der Waals surface area (Å²) in [6, 6.07) is 60.8. The molecule has 1 aromatic heterocycles. The summed E-state index contributed by atoms with van der Waals surface area (Å²) >= 11 is 0. The maximum Gasteiger partial charge on any atom is 0.136 e. The summed E-state index contributed by atoms with van der Waals surface area (Å²) in [4.78, 5) is 0. The Morgan fingerprint density at radius 1 is 0.255 bits per heavy atom. The quantitative estimate of drug-likeness (QED) is 0.166. The highest BCUT2D eigenvalue weighted by Gasteiger charge is 2.22. The van der Waals surface area contributed by atoms with Gasteiger partial charge in [-0.1, -0.05) is 146 Å². The highest BCUT2D eigenvalue weighted by molar-refractivity contribution is 6.24. The summed E-state index contributed by atoms with van der Waals surface area (Å²) < 4.78 is 37.4. The molecular formula is C52H30F2O. The Hall–Kier alpha value is -7.10. The Morgan fingerprint density at radius 2 is 0.673 bits per heavy atom. The predicted molar refractivity (Wildman–Crippen MR) is 225 cm³/mol. The van der Waals surface area contributed by atoms with Crippen LogP contribution in [-0.2, 0) is 0 Å². The van der Waals surface area contributed by atoms with E-state index in [-0.39, 0.29) is 5.56 Å². The molecule has 0 radical (unpaired) electrons. The topological polar surface area (TPSA) is 13.1 Å². The van der Waals surface area contributed by atoms with Crippen LogP contribution in [0.5, 0.6) is 0 Å². The Morgan fingerprint density at radius 3 is 1.18 bits per heavy atom. The van der Waals surface area contributed by atoms with Gasteiger partial charge in [-0.3, -0.25) is 0 Å². The number of furan rings is 1. The monoisotopic (exact) mass is 708 g/mol. The van der Waals surface area contributed by atoms with E-state index in [1.807, 2.05) is 48.5 Å². The zero-order valence-electron chi connectivity index (χ0n) is 29.5. The highest BCUT2D eigenvalue weighted by atomic mass is 19.1. The molecule has 3 heteroatoms. The number of hydrogen-bond donors (Lipinski definition) is 0. The fourth-order valence-corrected chi connectivity index (χ4v) is 8.89. The van der Waals surface area contributed by atoms with Gasteiger partial charge in [-0.15, -0.1) is 0 Å². The Bertz CT molecular complexity index is 3210. The van der Waals surface area contributed by atoms with E-state index in [0.29, 0.717) is 5.56 Å². The molecular weight excluding hydrogens is 679 g/mol. The second-order valence-electron chi connectivity index (χ2n) is 14.2. The summed E-state index contributed by atoms with van der Waals surface area (Å²) in [7, 11) is 0. The summed E-state index contributed by atoms with van der Waals surface area (Å²) in [5.74, 6) is -1.17. The number of benzene rings is 10. The lowest BCUT2D eigenvalue weighted by Crippen LogP contribution is -1.95. The van der Waals surface area contributed by atoms with Gasteiger partial charge in [-0.2, -0.15) is 0 Å². The van der Waals surface area contributed by atoms with Crippen molar-refractivity contribution in [3.63, 3.8) is 0 Å². The normalized spacial score (nSPS) is 11.8. The van der Waals surface area contributed by atoms with E-state index < -0.39 is 11.6 Å². The molecule has 258 valence electrons. The van der Waals surface area contributed by atoms with E-state index in [1.54, 1.807) is 0 Å². The summed E-state index contributed by atoms with van der Waals surface area (Å²) in [6.07, 6.45) is 0. The predicted octanol–water partition coefficient (Wildman–Crippen LogP) is 15.1. The Balaban J connectivity index is 1.13. The van der Waals surface area contributed by atoms with Crippen molar-refractivity contribution in [3.8, 4) is 44.5 Å². The minimum atomic E-state index is -0.584. The molecule has 0 amide bonds. The lowest BCUT2D eigenvalue weighted by molar-refractivity contribution is 0.590. The SMILES string of the molecule is Fc1cccc(F)c1-c1c2ccccc2c(-c2ccc3c(c2)oc2ccc(-c4c5ccccc5c(-c5ccccc5)c5ccccc45)cc23)c2ccccc12. The molecule has 0 bridgehead atoms. The van der Waals surface area contributed by atoms with Crippen molar-refractivity contribution in [1.82, 2.24) is 0 Å². The number of fused-ring (bicyclic) bond motifs is 7. The fraction of sp³-hybridized carbons (Fsp3) is 0. The van der Waals surface area contributed by atoms with Crippen LogP contribution < -0.4 is 0 Å². The van der Waals surface area contributed by atoms with Crippen LogP contribution in [0.25, 0.3) is 110 Å². The van der Waals surface area contributed by atoms with Crippen molar-refractivity contribution in [3.05, 3.63) is 194 Å². The summed E-state index contributed by atoms with van der Waals surface area (Å²) in [5, 5.41) is 10.3. The van der Waals surface area contributed by atoms with Gasteiger partial charge in [0.15, 0.2) is 0 Å². The maximum atomic E-state index is 15.4. The Kier molecular flexibility index (Phi) is 6.99. The molecule has 0 aliphatic rings. The van der Waals surface area contributed by atoms with Gasteiger partial charge in [0, 0.05) is 16.3 Å². The van der Waals surface area contributed by atoms with Crippen molar-refractivity contribution in [2.75, 3.05) is 0 Å². The first kappa shape index (κ1) is 31.4. The Labute approximate surface area is 315 Å². The van der Waals surface area contributed by atoms with Gasteiger partial charge in [0.2, 0.25) is 0 Å². The van der Waals surface area contributed by atoms with E-state index in [1.165, 1.54) is 56.4 Å². The van der Waals surface area contributed by atoms with E-state index in [0.717, 1.165) is 60.2 Å². The molecule has 1 heterocycles. The van der Waals surface area contributed by atoms with Crippen molar-refractivity contribution < 1.29 is 13.2 Å². The average Bonchev–Trinajstić information content (AvgIpc) is 3.60. The van der Waals surface area contributed by atoms with E-state index in [4.69, 9.17) is 4.42 Å². The van der Waals surface area contributed by atoms with Crippen LogP contribution >= 0.6 is 0 Å². The minimum absolute atomic E-state index is 0.0137. The van der Waals surface area contributed by atoms with Crippen LogP contribution in [0.2, 0.25) is 0 Å². The largest absolute Gasteiger partial charge is 0.456 e. The number of hydrogen-bond acceptors (Lipinski definition) is 1. The van der Waals surface area contributed by atoms with E-state index in [2.05, 4.69) is 115 Å². The maximum absolute atomic E-state index is 15.4. The van der Waals surface area contributed by atoms with Crippen molar-refractivity contribution in [2.45, 2.75) is 0 Å². The van der Waals surface area contributed by atoms with Crippen molar-refractivity contribution in [1.29, 1.82) is 0 Å². The van der Waals surface area contributed by atoms with Gasteiger partial charge in [0.1, 0.15) is 22.8 Å². The molecule has 1 nitrogen and oxygen atoms in total. The van der Waals surface area contributed by atoms with Crippen LogP contribution in [-0.4, -0.2) is 0 Å². The van der Waals surface area contributed by atoms with Crippen LogP contribution in [0.4, 0.5) is 8.78 Å². The molecule has 55 heavy (non-hydrogen) atoms. The first-order chi connectivity index (χ1) is 27.1. The van der Waals surface area contributed by atoms with Gasteiger partial charge in [-0.05, 0) is 113 Å². The number of rotatable bonds is 4. The molecule has 0 saturated carbocycles. The molecule has 0 unspecified atom stereocenters. The third-order valence-electron chi connectivity index (χ3n) is 11.2. The molecule has 0 N–H and O–H groups in total. The molecule has 0 atom stereocenters. The fourth-order valence-electron chi connectivity index (χ4n) is 8.89. The van der Waals surface area contributed by atoms with Gasteiger partial charge in [0.05, 0.1) is 5.56 Å². The van der Waals surface area contributed by atoms with Crippen LogP contribution in [0.3, 0.4) is 0 Å². The van der Waals surface area contributed by atoms with Gasteiger partial charge < -0.3 is 4.42 Å². The molecule has 0 fully saturated rings. The molecule has 11 rings (SSSR count). The van der Waals surface area contributed by atoms with Gasteiger partial charge in [-0.25, -0.2) is 8.78 Å². The minimum Gasteiger partial charge on any atom is -0.456 e. The lowest BCUT2D eigenvalue weighted by atomic mass is 9.85. The zero-order chi connectivity index (χ0) is 36.6. The summed E-state index contributed by atoms with van der Waals surface area (Å²) in [5.41, 5.74) is 8.84. The second kappa shape index (κ2) is 12.2. The first-order valence-electron chi connectivity index (χ1n) is 18.5. The number of halogens is 2. The van der Waals surface area contributed by atoms with Crippen molar-refractivity contribution in [2.24, 2.45) is 0 Å². The second-order valence-corrected chi connectivity index (χ2v) is 14.2. The molecule has 0 aliphatic heterocycles. The third-order valence-corrected chi connectivity index (χ3v) is 11.2. The third kappa shape index (κ3) is 4.76. The first-order valence-corrected chi connectivity index (χ1v) is 18.5. The molecule has 10 aromatic carbocycles. The standard InChI is InChI=1S/C52H30F2O/c53-44-23-12-24-45(54)52(44)51-41-21-10-8-19-39(41)50(40-20-9-11-22-42(40)51)33-25-27-34-43-29-32(26-28-46(43)55-47(34)30-33)49-37-17-6-4-15-35(37)48(31-13-2-1-3-14-31)36-16-5-7-18-38(36)49/h1-30H. The van der Waals surface area contributed by atoms with E-state index in [9.17, 15) is 0 Å². The zero-order valence-corrected chi connectivity index (χ0v) is 29.5. The molecule has 0 aliphatic carbocycles.